The van der Waals surface area contributed by atoms with Crippen molar-refractivity contribution in [2.45, 2.75) is 6.92 Å². The monoisotopic (exact) mass is 478 g/mol. The van der Waals surface area contributed by atoms with Gasteiger partial charge in [0.1, 0.15) is 81.1 Å². The molecule has 37 heavy (non-hydrogen) atoms. The van der Waals surface area contributed by atoms with Crippen LogP contribution in [-0.4, -0.2) is 21.7 Å². The molecule has 0 atom stereocenters. The van der Waals surface area contributed by atoms with Crippen molar-refractivity contribution in [1.29, 1.82) is 21.0 Å². The Labute approximate surface area is 208 Å². The van der Waals surface area contributed by atoms with Crippen molar-refractivity contribution in [3.63, 3.8) is 0 Å². The first-order chi connectivity index (χ1) is 18.1. The van der Waals surface area contributed by atoms with Gasteiger partial charge in [-0.25, -0.2) is 9.97 Å². The largest absolute Gasteiger partial charge is 0.455 e. The summed E-state index contributed by atoms with van der Waals surface area (Å²) in [4.78, 5) is 17.6. The van der Waals surface area contributed by atoms with Gasteiger partial charge in [0.25, 0.3) is 0 Å². The number of aliphatic imine (C=N–C) groups is 1. The number of pyridine rings is 1. The molecule has 2 aliphatic carbocycles. The topological polar surface area (TPSA) is 172 Å². The summed E-state index contributed by atoms with van der Waals surface area (Å²) in [7, 11) is 0. The third-order valence-electron chi connectivity index (χ3n) is 6.25. The number of nitrogens with zero attached hydrogens (tertiary/aromatic N) is 8. The quantitative estimate of drug-likeness (QED) is 0.249. The predicted octanol–water partition coefficient (Wildman–Crippen LogP) is 4.85. The van der Waals surface area contributed by atoms with Gasteiger partial charge in [-0.15, -0.1) is 0 Å². The second-order valence-electron chi connectivity index (χ2n) is 8.04. The van der Waals surface area contributed by atoms with Gasteiger partial charge in [0.15, 0.2) is 0 Å². The highest BCUT2D eigenvalue weighted by atomic mass is 16.3. The fourth-order valence-corrected chi connectivity index (χ4v) is 4.71. The molecule has 170 valence electrons. The normalized spacial score (nSPS) is 12.2. The van der Waals surface area contributed by atoms with Crippen LogP contribution in [0.15, 0.2) is 49.6 Å². The molecular weight excluding hydrogens is 468 g/mol. The Morgan fingerprint density at radius 3 is 2.08 bits per heavy atom. The fourth-order valence-electron chi connectivity index (χ4n) is 4.71. The molecule has 0 aromatic carbocycles. The number of rotatable bonds is 2. The zero-order valence-corrected chi connectivity index (χ0v) is 19.0. The van der Waals surface area contributed by atoms with E-state index in [9.17, 15) is 21.0 Å². The molecular formula is C27H10N8O2. The van der Waals surface area contributed by atoms with Crippen LogP contribution in [0.25, 0.3) is 50.7 Å². The van der Waals surface area contributed by atoms with Gasteiger partial charge in [-0.2, -0.15) is 21.0 Å². The van der Waals surface area contributed by atoms with E-state index >= 15 is 0 Å². The summed E-state index contributed by atoms with van der Waals surface area (Å²) in [5, 5.41) is 39.5. The summed E-state index contributed by atoms with van der Waals surface area (Å²) in [6.45, 7) is 5.23. The highest BCUT2D eigenvalue weighted by Crippen LogP contribution is 2.53. The average Bonchev–Trinajstić information content (AvgIpc) is 3.62. The van der Waals surface area contributed by atoms with Crippen molar-refractivity contribution in [2.24, 2.45) is 4.99 Å². The Morgan fingerprint density at radius 2 is 1.49 bits per heavy atom. The molecule has 0 bridgehead atoms. The molecule has 0 unspecified atom stereocenters. The van der Waals surface area contributed by atoms with E-state index in [0.29, 0.717) is 44.8 Å². The maximum absolute atomic E-state index is 9.73. The molecule has 0 aliphatic heterocycles. The van der Waals surface area contributed by atoms with Gasteiger partial charge in [0.2, 0.25) is 0 Å². The first-order valence-electron chi connectivity index (χ1n) is 10.7. The van der Waals surface area contributed by atoms with Crippen LogP contribution in [0.2, 0.25) is 0 Å². The molecule has 0 radical (unpaired) electrons. The number of allylic oxidation sites excluding steroid dienone is 2. The van der Waals surface area contributed by atoms with Gasteiger partial charge in [-0.05, 0) is 25.8 Å². The minimum absolute atomic E-state index is 0.186. The van der Waals surface area contributed by atoms with Crippen LogP contribution in [0, 0.1) is 52.2 Å². The molecule has 0 saturated carbocycles. The van der Waals surface area contributed by atoms with Crippen LogP contribution in [-0.2, 0) is 0 Å². The zero-order chi connectivity index (χ0) is 25.8. The Balaban J connectivity index is 1.77. The number of fused-ring (bicyclic) bond motifs is 8. The van der Waals surface area contributed by atoms with Crippen molar-refractivity contribution in [2.75, 3.05) is 0 Å². The maximum atomic E-state index is 9.73. The molecule has 0 N–H and O–H groups in total. The van der Waals surface area contributed by atoms with Crippen molar-refractivity contribution in [3.8, 4) is 46.8 Å². The van der Waals surface area contributed by atoms with Crippen molar-refractivity contribution in [3.05, 3.63) is 70.0 Å². The number of hydrogen-bond acceptors (Lipinski definition) is 10. The number of nitriles is 4. The lowest BCUT2D eigenvalue weighted by Crippen LogP contribution is -2.00. The van der Waals surface area contributed by atoms with E-state index < -0.39 is 0 Å². The second-order valence-corrected chi connectivity index (χ2v) is 8.04. The van der Waals surface area contributed by atoms with Gasteiger partial charge in [-0.1, -0.05) is 0 Å². The highest BCUT2D eigenvalue weighted by molar-refractivity contribution is 6.11. The predicted molar refractivity (Wildman–Crippen MR) is 131 cm³/mol. The number of hydrogen-bond donors (Lipinski definition) is 0. The highest BCUT2D eigenvalue weighted by Gasteiger charge is 2.41. The maximum Gasteiger partial charge on any atom is 0.149 e. The standard InChI is InChI=1S/C27H10N8O2/c1-12-16(3-5-32-2)36-26-18(12)22-23(19(26)13(7-28)8-29)35-25-21-15-11-33-6-4-17(15)37-27(21)20(24(25)34-22)14(9-30)10-31/h3-6,11H,2H2,1H3/b5-3-. The SMILES string of the molecule is C=N/C=C\c1oc2c(c1C)-c1nc3c(nc1C2=C(C#N)C#N)-c1c(oc2ccncc12)C3=C(C#N)C#N. The summed E-state index contributed by atoms with van der Waals surface area (Å²) in [5.74, 6) is 1.02. The van der Waals surface area contributed by atoms with Crippen LogP contribution in [0.4, 0.5) is 0 Å². The Morgan fingerprint density at radius 1 is 0.892 bits per heavy atom. The van der Waals surface area contributed by atoms with Crippen LogP contribution in [0.3, 0.4) is 0 Å². The van der Waals surface area contributed by atoms with Crippen LogP contribution in [0.1, 0.15) is 34.2 Å². The van der Waals surface area contributed by atoms with Crippen LogP contribution >= 0.6 is 0 Å². The summed E-state index contributed by atoms with van der Waals surface area (Å²) in [6.07, 6.45) is 6.24. The third-order valence-corrected chi connectivity index (χ3v) is 6.25. The average molecular weight is 478 g/mol. The Bertz CT molecular complexity index is 1970. The first-order valence-corrected chi connectivity index (χ1v) is 10.7. The van der Waals surface area contributed by atoms with E-state index in [4.69, 9.17) is 18.8 Å². The van der Waals surface area contributed by atoms with E-state index in [1.807, 2.05) is 24.3 Å². The fraction of sp³-hybridized carbons (Fsp3) is 0.0370. The molecule has 0 spiro atoms. The van der Waals surface area contributed by atoms with Crippen molar-refractivity contribution in [1.82, 2.24) is 15.0 Å². The summed E-state index contributed by atoms with van der Waals surface area (Å²) >= 11 is 0. The van der Waals surface area contributed by atoms with E-state index in [-0.39, 0.29) is 45.2 Å². The van der Waals surface area contributed by atoms with Gasteiger partial charge in [-0.3, -0.25) is 9.98 Å². The molecule has 0 fully saturated rings. The Hall–Kier alpha value is -6.10. The number of aromatic nitrogens is 3. The van der Waals surface area contributed by atoms with Gasteiger partial charge in [0.05, 0.1) is 22.3 Å². The lowest BCUT2D eigenvalue weighted by molar-refractivity contribution is 0.543. The molecule has 6 rings (SSSR count). The first kappa shape index (κ1) is 21.4. The third kappa shape index (κ3) is 2.70. The molecule has 2 aliphatic rings. The molecule has 0 amide bonds. The van der Waals surface area contributed by atoms with E-state index in [2.05, 4.69) is 16.7 Å². The van der Waals surface area contributed by atoms with Crippen molar-refractivity contribution < 1.29 is 8.83 Å². The van der Waals surface area contributed by atoms with E-state index in [1.165, 1.54) is 6.20 Å². The molecule has 10 heteroatoms. The zero-order valence-electron chi connectivity index (χ0n) is 19.0. The van der Waals surface area contributed by atoms with Crippen molar-refractivity contribution >= 4 is 34.9 Å². The van der Waals surface area contributed by atoms with E-state index in [0.717, 1.165) is 0 Å². The smallest absolute Gasteiger partial charge is 0.149 e. The summed E-state index contributed by atoms with van der Waals surface area (Å²) in [5.41, 5.74) is 3.61. The van der Waals surface area contributed by atoms with Crippen LogP contribution in [0.5, 0.6) is 0 Å². The minimum Gasteiger partial charge on any atom is -0.455 e. The van der Waals surface area contributed by atoms with Gasteiger partial charge >= 0.3 is 0 Å². The molecule has 0 saturated heterocycles. The molecule has 10 nitrogen and oxygen atoms in total. The molecule has 4 aromatic heterocycles. The second kappa shape index (κ2) is 7.71. The molecule has 4 heterocycles. The Kier molecular flexibility index (Phi) is 4.47. The van der Waals surface area contributed by atoms with E-state index in [1.54, 1.807) is 31.5 Å². The minimum atomic E-state index is -0.192. The van der Waals surface area contributed by atoms with Gasteiger partial charge < -0.3 is 8.83 Å². The lowest BCUT2D eigenvalue weighted by atomic mass is 10.1. The van der Waals surface area contributed by atoms with Gasteiger partial charge in [0, 0.05) is 29.5 Å². The van der Waals surface area contributed by atoms with Crippen LogP contribution < -0.4 is 0 Å². The summed E-state index contributed by atoms with van der Waals surface area (Å²) < 4.78 is 12.1. The number of furan rings is 2. The lowest BCUT2D eigenvalue weighted by Gasteiger charge is -2.07. The summed E-state index contributed by atoms with van der Waals surface area (Å²) in [6, 6.07) is 9.37. The molecule has 4 aromatic rings.